The summed E-state index contributed by atoms with van der Waals surface area (Å²) in [5.41, 5.74) is 0.926. The van der Waals surface area contributed by atoms with Crippen molar-refractivity contribution in [3.8, 4) is 17.2 Å². The Morgan fingerprint density at radius 1 is 1.04 bits per heavy atom. The molecule has 150 valence electrons. The molecule has 0 unspecified atom stereocenters. The first-order valence-electron chi connectivity index (χ1n) is 8.46. The summed E-state index contributed by atoms with van der Waals surface area (Å²) >= 11 is 0. The fraction of sp³-hybridized carbons (Fsp3) is 0.300. The molecule has 7 nitrogen and oxygen atoms in total. The second kappa shape index (κ2) is 9.59. The number of anilines is 1. The van der Waals surface area contributed by atoms with Crippen LogP contribution in [-0.2, 0) is 16.0 Å². The first-order chi connectivity index (χ1) is 13.4. The molecule has 0 atom stereocenters. The molecule has 0 spiro atoms. The standard InChI is InChI=1S/C20H23FN2O5/c1-23(12-17(24)22-15-7-5-6-14(21)11-15)18(25)10-13-8-9-16(26-2)20(28-4)19(13)27-3/h5-9,11H,10,12H2,1-4H3,(H,22,24). The van der Waals surface area contributed by atoms with Crippen LogP contribution in [0.5, 0.6) is 17.2 Å². The van der Waals surface area contributed by atoms with Gasteiger partial charge in [0, 0.05) is 18.3 Å². The van der Waals surface area contributed by atoms with Crippen molar-refractivity contribution >= 4 is 17.5 Å². The normalized spacial score (nSPS) is 10.2. The second-order valence-corrected chi connectivity index (χ2v) is 5.98. The lowest BCUT2D eigenvalue weighted by atomic mass is 10.1. The van der Waals surface area contributed by atoms with Gasteiger partial charge in [0.1, 0.15) is 5.82 Å². The Morgan fingerprint density at radius 3 is 2.36 bits per heavy atom. The van der Waals surface area contributed by atoms with E-state index in [1.165, 1.54) is 51.5 Å². The van der Waals surface area contributed by atoms with Crippen molar-refractivity contribution in [2.45, 2.75) is 6.42 Å². The van der Waals surface area contributed by atoms with Gasteiger partial charge in [0.15, 0.2) is 11.5 Å². The van der Waals surface area contributed by atoms with Crippen LogP contribution in [0.15, 0.2) is 36.4 Å². The molecule has 0 bridgehead atoms. The smallest absolute Gasteiger partial charge is 0.243 e. The molecule has 2 aromatic carbocycles. The van der Waals surface area contributed by atoms with E-state index in [1.54, 1.807) is 18.2 Å². The molecule has 0 aromatic heterocycles. The number of halogens is 1. The van der Waals surface area contributed by atoms with Crippen molar-refractivity contribution < 1.29 is 28.2 Å². The van der Waals surface area contributed by atoms with Crippen molar-refractivity contribution in [3.63, 3.8) is 0 Å². The van der Waals surface area contributed by atoms with Crippen LogP contribution >= 0.6 is 0 Å². The predicted molar refractivity (Wildman–Crippen MR) is 102 cm³/mol. The maximum absolute atomic E-state index is 13.2. The SMILES string of the molecule is COc1ccc(CC(=O)N(C)CC(=O)Nc2cccc(F)c2)c(OC)c1OC. The number of carbonyl (C=O) groups excluding carboxylic acids is 2. The summed E-state index contributed by atoms with van der Waals surface area (Å²) in [6.45, 7) is -0.176. The highest BCUT2D eigenvalue weighted by Gasteiger charge is 2.20. The minimum atomic E-state index is -0.456. The molecule has 0 aliphatic carbocycles. The number of ether oxygens (including phenoxy) is 3. The van der Waals surface area contributed by atoms with E-state index in [-0.39, 0.29) is 18.9 Å². The molecule has 2 aromatic rings. The van der Waals surface area contributed by atoms with E-state index in [9.17, 15) is 14.0 Å². The zero-order chi connectivity index (χ0) is 20.7. The largest absolute Gasteiger partial charge is 0.493 e. The number of hydrogen-bond donors (Lipinski definition) is 1. The highest BCUT2D eigenvalue weighted by molar-refractivity contribution is 5.94. The first kappa shape index (κ1) is 21.0. The molecule has 8 heteroatoms. The number of hydrogen-bond acceptors (Lipinski definition) is 5. The number of nitrogens with one attached hydrogen (secondary N) is 1. The van der Waals surface area contributed by atoms with Crippen molar-refractivity contribution in [3.05, 3.63) is 47.8 Å². The maximum Gasteiger partial charge on any atom is 0.243 e. The predicted octanol–water partition coefficient (Wildman–Crippen LogP) is 2.49. The van der Waals surface area contributed by atoms with Crippen LogP contribution in [0.3, 0.4) is 0 Å². The molecular weight excluding hydrogens is 367 g/mol. The van der Waals surface area contributed by atoms with Gasteiger partial charge < -0.3 is 24.4 Å². The molecule has 0 saturated heterocycles. The van der Waals surface area contributed by atoms with Gasteiger partial charge in [-0.25, -0.2) is 4.39 Å². The summed E-state index contributed by atoms with van der Waals surface area (Å²) in [5, 5.41) is 2.55. The molecule has 0 aliphatic rings. The maximum atomic E-state index is 13.2. The second-order valence-electron chi connectivity index (χ2n) is 5.98. The van der Waals surface area contributed by atoms with E-state index >= 15 is 0 Å². The van der Waals surface area contributed by atoms with E-state index in [4.69, 9.17) is 14.2 Å². The van der Waals surface area contributed by atoms with Gasteiger partial charge in [0.05, 0.1) is 34.3 Å². The fourth-order valence-corrected chi connectivity index (χ4v) is 2.67. The van der Waals surface area contributed by atoms with E-state index in [0.29, 0.717) is 28.5 Å². The van der Waals surface area contributed by atoms with E-state index < -0.39 is 11.7 Å². The van der Waals surface area contributed by atoms with Crippen LogP contribution in [0.4, 0.5) is 10.1 Å². The monoisotopic (exact) mass is 390 g/mol. The molecule has 0 fully saturated rings. The Labute approximate surface area is 163 Å². The summed E-state index contributed by atoms with van der Waals surface area (Å²) in [5.74, 6) is 0.0939. The van der Waals surface area contributed by atoms with Crippen molar-refractivity contribution in [2.75, 3.05) is 40.2 Å². The number of nitrogens with zero attached hydrogens (tertiary/aromatic N) is 1. The Bertz CT molecular complexity index is 856. The van der Waals surface area contributed by atoms with E-state index in [1.807, 2.05) is 0 Å². The Hall–Kier alpha value is -3.29. The quantitative estimate of drug-likeness (QED) is 0.749. The van der Waals surface area contributed by atoms with Crippen LogP contribution in [0.1, 0.15) is 5.56 Å². The third-order valence-electron chi connectivity index (χ3n) is 4.04. The average Bonchev–Trinajstić information content (AvgIpc) is 2.67. The lowest BCUT2D eigenvalue weighted by Gasteiger charge is -2.19. The lowest BCUT2D eigenvalue weighted by molar-refractivity contribution is -0.132. The zero-order valence-electron chi connectivity index (χ0n) is 16.2. The van der Waals surface area contributed by atoms with Gasteiger partial charge in [0.2, 0.25) is 17.6 Å². The van der Waals surface area contributed by atoms with Crippen LogP contribution < -0.4 is 19.5 Å². The number of amides is 2. The van der Waals surface area contributed by atoms with Gasteiger partial charge in [0.25, 0.3) is 0 Å². The van der Waals surface area contributed by atoms with Gasteiger partial charge in [-0.1, -0.05) is 12.1 Å². The van der Waals surface area contributed by atoms with Crippen LogP contribution in [0.25, 0.3) is 0 Å². The highest BCUT2D eigenvalue weighted by atomic mass is 19.1. The van der Waals surface area contributed by atoms with Crippen molar-refractivity contribution in [2.24, 2.45) is 0 Å². The average molecular weight is 390 g/mol. The Kier molecular flexibility index (Phi) is 7.20. The fourth-order valence-electron chi connectivity index (χ4n) is 2.67. The zero-order valence-corrected chi connectivity index (χ0v) is 16.2. The molecular formula is C20H23FN2O5. The molecule has 0 saturated carbocycles. The summed E-state index contributed by atoms with van der Waals surface area (Å²) < 4.78 is 29.1. The van der Waals surface area contributed by atoms with Gasteiger partial charge in [-0.05, 0) is 24.3 Å². The summed E-state index contributed by atoms with van der Waals surface area (Å²) in [7, 11) is 5.98. The van der Waals surface area contributed by atoms with Crippen LogP contribution in [0.2, 0.25) is 0 Å². The topological polar surface area (TPSA) is 77.1 Å². The number of carbonyl (C=O) groups is 2. The minimum Gasteiger partial charge on any atom is -0.493 e. The summed E-state index contributed by atoms with van der Waals surface area (Å²) in [4.78, 5) is 25.9. The highest BCUT2D eigenvalue weighted by Crippen LogP contribution is 2.39. The Morgan fingerprint density at radius 2 is 1.75 bits per heavy atom. The lowest BCUT2D eigenvalue weighted by Crippen LogP contribution is -2.35. The summed E-state index contributed by atoms with van der Waals surface area (Å²) in [6, 6.07) is 8.93. The van der Waals surface area contributed by atoms with Gasteiger partial charge in [-0.2, -0.15) is 0 Å². The van der Waals surface area contributed by atoms with E-state index in [2.05, 4.69) is 5.32 Å². The van der Waals surface area contributed by atoms with Crippen LogP contribution in [-0.4, -0.2) is 51.6 Å². The summed E-state index contributed by atoms with van der Waals surface area (Å²) in [6.07, 6.45) is 0.00722. The first-order valence-corrected chi connectivity index (χ1v) is 8.46. The number of benzene rings is 2. The van der Waals surface area contributed by atoms with Gasteiger partial charge in [-0.3, -0.25) is 9.59 Å². The molecule has 0 radical (unpaired) electrons. The molecule has 1 N–H and O–H groups in total. The van der Waals surface area contributed by atoms with Crippen molar-refractivity contribution in [1.82, 2.24) is 4.90 Å². The Balaban J connectivity index is 2.05. The number of methoxy groups -OCH3 is 3. The molecule has 0 aliphatic heterocycles. The molecule has 2 amide bonds. The third kappa shape index (κ3) is 5.12. The van der Waals surface area contributed by atoms with Crippen LogP contribution in [0, 0.1) is 5.82 Å². The molecule has 28 heavy (non-hydrogen) atoms. The van der Waals surface area contributed by atoms with E-state index in [0.717, 1.165) is 0 Å². The van der Waals surface area contributed by atoms with Crippen molar-refractivity contribution in [1.29, 1.82) is 0 Å². The minimum absolute atomic E-state index is 0.00722. The van der Waals surface area contributed by atoms with Gasteiger partial charge in [-0.15, -0.1) is 0 Å². The number of rotatable bonds is 8. The molecule has 2 rings (SSSR count). The third-order valence-corrected chi connectivity index (χ3v) is 4.04. The molecule has 0 heterocycles. The van der Waals surface area contributed by atoms with Gasteiger partial charge >= 0.3 is 0 Å². The number of likely N-dealkylation sites (N-methyl/N-ethyl adjacent to an activating group) is 1.